The van der Waals surface area contributed by atoms with Crippen LogP contribution in [0.15, 0.2) is 68.6 Å². The number of hydrogen-bond acceptors (Lipinski definition) is 8. The Morgan fingerprint density at radius 2 is 1.66 bits per heavy atom. The summed E-state index contributed by atoms with van der Waals surface area (Å²) in [5, 5.41) is 22.7. The molecule has 0 unspecified atom stereocenters. The SMILES string of the molecule is CCc1cccc2c(S(=O)(=O)O)c(N=Nc3c(C)cc4cc(S(=O)(=O)O)cc(NC(C)=O)c4c3O)ccc12. The van der Waals surface area contributed by atoms with Crippen LogP contribution in [0.5, 0.6) is 5.75 Å². The lowest BCUT2D eigenvalue weighted by Crippen LogP contribution is -2.08. The zero-order valence-corrected chi connectivity index (χ0v) is 22.1. The van der Waals surface area contributed by atoms with E-state index in [0.717, 1.165) is 17.7 Å². The van der Waals surface area contributed by atoms with E-state index in [9.17, 15) is 35.8 Å². The van der Waals surface area contributed by atoms with Crippen molar-refractivity contribution < 1.29 is 35.8 Å². The summed E-state index contributed by atoms with van der Waals surface area (Å²) in [6.45, 7) is 4.64. The number of carbonyl (C=O) groups is 1. The lowest BCUT2D eigenvalue weighted by molar-refractivity contribution is -0.114. The Balaban J connectivity index is 1.97. The van der Waals surface area contributed by atoms with Crippen LogP contribution in [0, 0.1) is 6.92 Å². The number of azo groups is 1. The normalized spacial score (nSPS) is 12.4. The molecule has 1 amide bonds. The van der Waals surface area contributed by atoms with E-state index in [1.54, 1.807) is 25.1 Å². The molecule has 0 bridgehead atoms. The van der Waals surface area contributed by atoms with Gasteiger partial charge in [-0.15, -0.1) is 10.2 Å². The number of benzene rings is 4. The van der Waals surface area contributed by atoms with E-state index in [1.165, 1.54) is 19.1 Å². The molecule has 13 heteroatoms. The lowest BCUT2D eigenvalue weighted by Gasteiger charge is -2.14. The minimum Gasteiger partial charge on any atom is -0.505 e. The fourth-order valence-corrected chi connectivity index (χ4v) is 5.70. The number of nitrogens with one attached hydrogen (secondary N) is 1. The Morgan fingerprint density at radius 3 is 2.26 bits per heavy atom. The van der Waals surface area contributed by atoms with Gasteiger partial charge in [-0.2, -0.15) is 16.8 Å². The fourth-order valence-electron chi connectivity index (χ4n) is 4.33. The van der Waals surface area contributed by atoms with Gasteiger partial charge in [-0.3, -0.25) is 13.9 Å². The van der Waals surface area contributed by atoms with Crippen molar-refractivity contribution in [2.24, 2.45) is 10.2 Å². The molecule has 4 rings (SSSR count). The second kappa shape index (κ2) is 9.76. The van der Waals surface area contributed by atoms with Crippen LogP contribution in [-0.4, -0.2) is 37.0 Å². The van der Waals surface area contributed by atoms with Gasteiger partial charge >= 0.3 is 0 Å². The van der Waals surface area contributed by atoms with Crippen molar-refractivity contribution in [2.45, 2.75) is 37.0 Å². The highest BCUT2D eigenvalue weighted by molar-refractivity contribution is 7.86. The number of aryl methyl sites for hydroxylation is 2. The fraction of sp³-hybridized carbons (Fsp3) is 0.160. The molecule has 0 radical (unpaired) electrons. The predicted molar refractivity (Wildman–Crippen MR) is 142 cm³/mol. The van der Waals surface area contributed by atoms with Gasteiger partial charge in [0, 0.05) is 17.7 Å². The van der Waals surface area contributed by atoms with Gasteiger partial charge in [-0.25, -0.2) is 0 Å². The number of fused-ring (bicyclic) bond motifs is 2. The molecule has 0 aromatic heterocycles. The first-order valence-corrected chi connectivity index (χ1v) is 14.1. The van der Waals surface area contributed by atoms with Crippen LogP contribution in [0.4, 0.5) is 17.1 Å². The van der Waals surface area contributed by atoms with Crippen molar-refractivity contribution in [2.75, 3.05) is 5.32 Å². The molecule has 4 aromatic carbocycles. The molecule has 11 nitrogen and oxygen atoms in total. The van der Waals surface area contributed by atoms with E-state index in [2.05, 4.69) is 15.5 Å². The standard InChI is InChI=1S/C25H23N3O8S2/c1-4-15-6-5-7-19-18(15)8-9-20(25(19)38(34,35)36)27-28-23-13(2)10-16-11-17(37(31,32)33)12-21(26-14(3)29)22(16)24(23)30/h5-12,30H,4H2,1-3H3,(H,26,29)(H,31,32,33)(H,34,35,36). The predicted octanol–water partition coefficient (Wildman–Crippen LogP) is 5.44. The smallest absolute Gasteiger partial charge is 0.297 e. The summed E-state index contributed by atoms with van der Waals surface area (Å²) in [7, 11) is -9.36. The van der Waals surface area contributed by atoms with Gasteiger partial charge in [0.1, 0.15) is 16.3 Å². The third-order valence-corrected chi connectivity index (χ3v) is 7.71. The third kappa shape index (κ3) is 5.09. The molecule has 0 aliphatic rings. The van der Waals surface area contributed by atoms with E-state index < -0.39 is 41.7 Å². The first-order chi connectivity index (χ1) is 17.7. The molecule has 0 aliphatic heterocycles. The lowest BCUT2D eigenvalue weighted by atomic mass is 10.0. The van der Waals surface area contributed by atoms with E-state index >= 15 is 0 Å². The highest BCUT2D eigenvalue weighted by atomic mass is 32.2. The molecule has 0 heterocycles. The Bertz CT molecular complexity index is 1880. The summed E-state index contributed by atoms with van der Waals surface area (Å²) in [5.74, 6) is -1.04. The van der Waals surface area contributed by atoms with Crippen LogP contribution in [0.2, 0.25) is 0 Å². The molecule has 0 saturated heterocycles. The van der Waals surface area contributed by atoms with Crippen LogP contribution in [0.25, 0.3) is 21.5 Å². The Labute approximate surface area is 218 Å². The van der Waals surface area contributed by atoms with Crippen molar-refractivity contribution >= 4 is 64.8 Å². The quantitative estimate of drug-likeness (QED) is 0.178. The molecule has 0 atom stereocenters. The number of rotatable bonds is 6. The van der Waals surface area contributed by atoms with Crippen molar-refractivity contribution in [1.29, 1.82) is 0 Å². The number of amides is 1. The van der Waals surface area contributed by atoms with Crippen molar-refractivity contribution in [1.82, 2.24) is 0 Å². The third-order valence-electron chi connectivity index (χ3n) is 5.94. The topological polar surface area (TPSA) is 183 Å². The number of carbonyl (C=O) groups excluding carboxylic acids is 1. The summed E-state index contributed by atoms with van der Waals surface area (Å²) in [4.78, 5) is 10.8. The van der Waals surface area contributed by atoms with E-state index in [-0.39, 0.29) is 33.2 Å². The van der Waals surface area contributed by atoms with E-state index in [1.807, 2.05) is 13.0 Å². The average Bonchev–Trinajstić information content (AvgIpc) is 2.80. The van der Waals surface area contributed by atoms with Gasteiger partial charge < -0.3 is 10.4 Å². The molecule has 4 N–H and O–H groups in total. The molecule has 38 heavy (non-hydrogen) atoms. The molecule has 0 saturated carbocycles. The van der Waals surface area contributed by atoms with E-state index in [0.29, 0.717) is 17.4 Å². The van der Waals surface area contributed by atoms with Crippen molar-refractivity contribution in [3.05, 3.63) is 59.7 Å². The highest BCUT2D eigenvalue weighted by Gasteiger charge is 2.22. The van der Waals surface area contributed by atoms with Gasteiger partial charge in [0.2, 0.25) is 5.91 Å². The van der Waals surface area contributed by atoms with Crippen LogP contribution in [0.3, 0.4) is 0 Å². The van der Waals surface area contributed by atoms with Crippen LogP contribution < -0.4 is 5.32 Å². The Hall–Kier alpha value is -3.91. The van der Waals surface area contributed by atoms with Gasteiger partial charge in [-0.05, 0) is 59.5 Å². The maximum absolute atomic E-state index is 12.3. The summed E-state index contributed by atoms with van der Waals surface area (Å²) in [6.07, 6.45) is 0.628. The Kier molecular flexibility index (Phi) is 6.97. The second-order valence-corrected chi connectivity index (χ2v) is 11.4. The van der Waals surface area contributed by atoms with E-state index in [4.69, 9.17) is 0 Å². The second-order valence-electron chi connectivity index (χ2n) is 8.57. The molecule has 4 aromatic rings. The monoisotopic (exact) mass is 557 g/mol. The summed E-state index contributed by atoms with van der Waals surface area (Å²) < 4.78 is 67.7. The zero-order chi connectivity index (χ0) is 28.0. The van der Waals surface area contributed by atoms with Crippen LogP contribution in [-0.2, 0) is 31.5 Å². The Morgan fingerprint density at radius 1 is 0.947 bits per heavy atom. The minimum absolute atomic E-state index is 0.0215. The van der Waals surface area contributed by atoms with Crippen molar-refractivity contribution in [3.8, 4) is 5.75 Å². The zero-order valence-electron chi connectivity index (χ0n) is 20.4. The number of phenolic OH excluding ortho intramolecular Hbond substituents is 1. The first kappa shape index (κ1) is 27.1. The van der Waals surface area contributed by atoms with Gasteiger partial charge in [0.05, 0.1) is 10.6 Å². The minimum atomic E-state index is -4.73. The molecular weight excluding hydrogens is 534 g/mol. The van der Waals surface area contributed by atoms with Gasteiger partial charge in [0.25, 0.3) is 20.2 Å². The molecule has 0 aliphatic carbocycles. The summed E-state index contributed by atoms with van der Waals surface area (Å²) in [5.41, 5.74) is 0.826. The molecule has 0 fully saturated rings. The molecule has 0 spiro atoms. The highest BCUT2D eigenvalue weighted by Crippen LogP contribution is 2.44. The van der Waals surface area contributed by atoms with Gasteiger partial charge in [0.15, 0.2) is 5.75 Å². The number of phenols is 1. The average molecular weight is 558 g/mol. The summed E-state index contributed by atoms with van der Waals surface area (Å²) in [6, 6.07) is 11.7. The summed E-state index contributed by atoms with van der Waals surface area (Å²) >= 11 is 0. The van der Waals surface area contributed by atoms with Gasteiger partial charge in [-0.1, -0.05) is 31.2 Å². The molecular formula is C25H23N3O8S2. The number of aromatic hydroxyl groups is 1. The first-order valence-electron chi connectivity index (χ1n) is 11.2. The maximum atomic E-state index is 12.3. The van der Waals surface area contributed by atoms with Crippen LogP contribution in [0.1, 0.15) is 25.0 Å². The largest absolute Gasteiger partial charge is 0.505 e. The molecule has 198 valence electrons. The van der Waals surface area contributed by atoms with Crippen LogP contribution >= 0.6 is 0 Å². The maximum Gasteiger partial charge on any atom is 0.297 e. The van der Waals surface area contributed by atoms with Crippen molar-refractivity contribution in [3.63, 3.8) is 0 Å². The number of hydrogen-bond donors (Lipinski definition) is 4. The number of nitrogens with zero attached hydrogens (tertiary/aromatic N) is 2. The number of anilines is 1.